The second kappa shape index (κ2) is 4.82. The first-order valence-corrected chi connectivity index (χ1v) is 5.44. The minimum Gasteiger partial charge on any atom is -0.394 e. The Morgan fingerprint density at radius 3 is 2.67 bits per heavy atom. The van der Waals surface area contributed by atoms with E-state index in [1.54, 1.807) is 0 Å². The minimum atomic E-state index is -1.33. The van der Waals surface area contributed by atoms with Gasteiger partial charge in [-0.3, -0.25) is 4.57 Å². The lowest BCUT2D eigenvalue weighted by Crippen LogP contribution is -2.33. The third-order valence-electron chi connectivity index (χ3n) is 2.71. The summed E-state index contributed by atoms with van der Waals surface area (Å²) in [6.45, 7) is -0.479. The molecule has 4 atom stereocenters. The zero-order valence-electron chi connectivity index (χ0n) is 8.95. The van der Waals surface area contributed by atoms with E-state index in [2.05, 4.69) is 17.6 Å². The van der Waals surface area contributed by atoms with Crippen LogP contribution in [0.1, 0.15) is 6.23 Å². The van der Waals surface area contributed by atoms with Gasteiger partial charge >= 0.3 is 5.82 Å². The predicted molar refractivity (Wildman–Crippen MR) is 59.1 cm³/mol. The standard InChI is InChI=1S/C8H11N3O6S/c12-1-3-4(13)5(14)7(17-3)10-2-9-6(8(10)18)11(15)16/h2-5,7,12-14,18H,1H2/t3-,4-,5-,7-/m1/s1. The molecular formula is C8H11N3O6S. The van der Waals surface area contributed by atoms with E-state index in [9.17, 15) is 20.3 Å². The van der Waals surface area contributed by atoms with Gasteiger partial charge in [0.15, 0.2) is 11.3 Å². The van der Waals surface area contributed by atoms with Gasteiger partial charge in [-0.1, -0.05) is 0 Å². The summed E-state index contributed by atoms with van der Waals surface area (Å²) in [4.78, 5) is 13.4. The van der Waals surface area contributed by atoms with Gasteiger partial charge < -0.3 is 30.2 Å². The molecule has 0 aromatic carbocycles. The van der Waals surface area contributed by atoms with Gasteiger partial charge in [0.2, 0.25) is 6.33 Å². The predicted octanol–water partition coefficient (Wildman–Crippen LogP) is -1.31. The van der Waals surface area contributed by atoms with Crippen LogP contribution in [0.4, 0.5) is 5.82 Å². The smallest absolute Gasteiger partial charge is 0.394 e. The molecule has 0 radical (unpaired) electrons. The van der Waals surface area contributed by atoms with Gasteiger partial charge in [0.1, 0.15) is 18.3 Å². The molecule has 1 aliphatic heterocycles. The quantitative estimate of drug-likeness (QED) is 0.306. The number of ether oxygens (including phenoxy) is 1. The molecule has 1 aliphatic rings. The van der Waals surface area contributed by atoms with Crippen LogP contribution in [0.15, 0.2) is 11.4 Å². The molecule has 10 heteroatoms. The Hall–Kier alpha value is -1.20. The maximum Gasteiger partial charge on any atom is 0.395 e. The van der Waals surface area contributed by atoms with E-state index in [4.69, 9.17) is 9.84 Å². The molecule has 0 aliphatic carbocycles. The SMILES string of the molecule is O=[N+]([O-])c1ncn([C@@H]2O[C@H](CO)[C@@H](O)[C@H]2O)c1S. The highest BCUT2D eigenvalue weighted by molar-refractivity contribution is 7.80. The van der Waals surface area contributed by atoms with E-state index in [0.29, 0.717) is 0 Å². The molecule has 0 bridgehead atoms. The van der Waals surface area contributed by atoms with Gasteiger partial charge in [0.05, 0.1) is 6.61 Å². The van der Waals surface area contributed by atoms with E-state index in [1.807, 2.05) is 0 Å². The molecule has 9 nitrogen and oxygen atoms in total. The number of aliphatic hydroxyl groups is 3. The lowest BCUT2D eigenvalue weighted by molar-refractivity contribution is -0.392. The minimum absolute atomic E-state index is 0.102. The normalized spacial score (nSPS) is 31.8. The molecule has 0 saturated carbocycles. The van der Waals surface area contributed by atoms with Gasteiger partial charge in [-0.25, -0.2) is 0 Å². The average molecular weight is 277 g/mol. The van der Waals surface area contributed by atoms with Crippen LogP contribution in [0.3, 0.4) is 0 Å². The van der Waals surface area contributed by atoms with E-state index in [0.717, 1.165) is 10.9 Å². The third kappa shape index (κ3) is 1.97. The number of hydrogen-bond acceptors (Lipinski definition) is 8. The van der Waals surface area contributed by atoms with Gasteiger partial charge in [-0.15, -0.1) is 12.6 Å². The van der Waals surface area contributed by atoms with E-state index >= 15 is 0 Å². The van der Waals surface area contributed by atoms with Crippen molar-refractivity contribution in [2.24, 2.45) is 0 Å². The second-order valence-electron chi connectivity index (χ2n) is 3.79. The van der Waals surface area contributed by atoms with Crippen molar-refractivity contribution in [2.75, 3.05) is 6.61 Å². The summed E-state index contributed by atoms with van der Waals surface area (Å²) in [7, 11) is 0. The monoisotopic (exact) mass is 277 g/mol. The zero-order valence-corrected chi connectivity index (χ0v) is 9.84. The fourth-order valence-corrected chi connectivity index (χ4v) is 2.07. The van der Waals surface area contributed by atoms with Crippen LogP contribution >= 0.6 is 12.6 Å². The largest absolute Gasteiger partial charge is 0.395 e. The molecule has 0 spiro atoms. The summed E-state index contributed by atoms with van der Waals surface area (Å²) in [5.74, 6) is -0.476. The Bertz CT molecular complexity index is 466. The number of thiol groups is 1. The molecule has 3 N–H and O–H groups in total. The van der Waals surface area contributed by atoms with Gasteiger partial charge in [0, 0.05) is 0 Å². The number of imidazole rings is 1. The van der Waals surface area contributed by atoms with E-state index in [-0.39, 0.29) is 5.03 Å². The summed E-state index contributed by atoms with van der Waals surface area (Å²) in [6.07, 6.45) is -3.57. The molecule has 1 aromatic rings. The van der Waals surface area contributed by atoms with Crippen LogP contribution in [-0.2, 0) is 4.74 Å². The van der Waals surface area contributed by atoms with Crippen LogP contribution < -0.4 is 0 Å². The lowest BCUT2D eigenvalue weighted by Gasteiger charge is -2.15. The van der Waals surface area contributed by atoms with Gasteiger partial charge in [0.25, 0.3) is 0 Å². The number of nitrogens with zero attached hydrogens (tertiary/aromatic N) is 3. The number of aliphatic hydroxyl groups excluding tert-OH is 3. The van der Waals surface area contributed by atoms with Crippen molar-refractivity contribution in [2.45, 2.75) is 29.6 Å². The highest BCUT2D eigenvalue weighted by Gasteiger charge is 2.44. The Kier molecular flexibility index (Phi) is 3.54. The van der Waals surface area contributed by atoms with Crippen molar-refractivity contribution in [3.63, 3.8) is 0 Å². The Morgan fingerprint density at radius 2 is 2.22 bits per heavy atom. The van der Waals surface area contributed by atoms with Gasteiger partial charge in [-0.05, 0) is 9.91 Å². The topological polar surface area (TPSA) is 131 Å². The summed E-state index contributed by atoms with van der Waals surface area (Å²) in [6, 6.07) is 0. The second-order valence-corrected chi connectivity index (χ2v) is 4.21. The summed E-state index contributed by atoms with van der Waals surface area (Å²) in [5, 5.41) is 38.8. The fourth-order valence-electron chi connectivity index (χ4n) is 1.77. The van der Waals surface area contributed by atoms with Crippen LogP contribution in [-0.4, -0.2) is 54.7 Å². The van der Waals surface area contributed by atoms with Crippen LogP contribution in [0, 0.1) is 10.1 Å². The maximum absolute atomic E-state index is 10.6. The molecule has 0 amide bonds. The molecule has 1 aromatic heterocycles. The van der Waals surface area contributed by atoms with Crippen molar-refractivity contribution in [3.05, 3.63) is 16.4 Å². The van der Waals surface area contributed by atoms with Gasteiger partial charge in [-0.2, -0.15) is 0 Å². The van der Waals surface area contributed by atoms with Crippen molar-refractivity contribution in [1.29, 1.82) is 0 Å². The number of nitro groups is 1. The Balaban J connectivity index is 2.30. The first kappa shape index (κ1) is 13.2. The van der Waals surface area contributed by atoms with Crippen molar-refractivity contribution < 1.29 is 25.0 Å². The molecule has 1 fully saturated rings. The van der Waals surface area contributed by atoms with Crippen molar-refractivity contribution in [3.8, 4) is 0 Å². The molecule has 18 heavy (non-hydrogen) atoms. The Labute approximate surface area is 106 Å². The molecule has 1 saturated heterocycles. The van der Waals surface area contributed by atoms with Crippen LogP contribution in [0.2, 0.25) is 0 Å². The van der Waals surface area contributed by atoms with Crippen LogP contribution in [0.5, 0.6) is 0 Å². The summed E-state index contributed by atoms with van der Waals surface area (Å²) >= 11 is 3.93. The molecule has 2 heterocycles. The molecular weight excluding hydrogens is 266 g/mol. The van der Waals surface area contributed by atoms with Crippen molar-refractivity contribution >= 4 is 18.4 Å². The average Bonchev–Trinajstić information content (AvgIpc) is 2.82. The maximum atomic E-state index is 10.6. The number of aromatic nitrogens is 2. The summed E-state index contributed by atoms with van der Waals surface area (Å²) in [5.41, 5.74) is 0. The highest BCUT2D eigenvalue weighted by Crippen LogP contribution is 2.33. The Morgan fingerprint density at radius 1 is 1.56 bits per heavy atom. The zero-order chi connectivity index (χ0) is 13.4. The highest BCUT2D eigenvalue weighted by atomic mass is 32.1. The van der Waals surface area contributed by atoms with E-state index < -0.39 is 41.9 Å². The van der Waals surface area contributed by atoms with Crippen molar-refractivity contribution in [1.82, 2.24) is 9.55 Å². The molecule has 0 unspecified atom stereocenters. The number of hydrogen-bond donors (Lipinski definition) is 4. The summed E-state index contributed by atoms with van der Waals surface area (Å²) < 4.78 is 6.33. The van der Waals surface area contributed by atoms with E-state index in [1.165, 1.54) is 0 Å². The first-order chi connectivity index (χ1) is 8.47. The van der Waals surface area contributed by atoms with Crippen LogP contribution in [0.25, 0.3) is 0 Å². The lowest BCUT2D eigenvalue weighted by atomic mass is 10.1. The first-order valence-electron chi connectivity index (χ1n) is 5.00. The fraction of sp³-hybridized carbons (Fsp3) is 0.625. The number of rotatable bonds is 3. The molecule has 2 rings (SSSR count). The third-order valence-corrected chi connectivity index (χ3v) is 3.14. The molecule has 100 valence electrons.